The van der Waals surface area contributed by atoms with Crippen LogP contribution in [-0.4, -0.2) is 55.9 Å². The van der Waals surface area contributed by atoms with E-state index in [1.807, 2.05) is 6.92 Å². The van der Waals surface area contributed by atoms with E-state index in [-0.39, 0.29) is 5.75 Å². The van der Waals surface area contributed by atoms with Gasteiger partial charge in [-0.2, -0.15) is 4.31 Å². The van der Waals surface area contributed by atoms with Gasteiger partial charge < -0.3 is 9.84 Å². The number of carboxylic acid groups (broad SMARTS) is 1. The standard InChI is InChI=1S/C9H19NO5S/c1-5-8(15-4)6-16(13,14)10(3)7(2)9(11)12/h7-8H,5-6H2,1-4H3,(H,11,12). The molecule has 6 nitrogen and oxygen atoms in total. The minimum Gasteiger partial charge on any atom is -0.480 e. The number of ether oxygens (including phenoxy) is 1. The fourth-order valence-electron chi connectivity index (χ4n) is 1.10. The zero-order chi connectivity index (χ0) is 12.9. The summed E-state index contributed by atoms with van der Waals surface area (Å²) in [6.07, 6.45) is 0.152. The van der Waals surface area contributed by atoms with Crippen LogP contribution < -0.4 is 0 Å². The molecular weight excluding hydrogens is 234 g/mol. The van der Waals surface area contributed by atoms with Gasteiger partial charge in [0, 0.05) is 14.2 Å². The molecule has 0 rings (SSSR count). The predicted molar refractivity (Wildman–Crippen MR) is 59.7 cm³/mol. The molecular formula is C9H19NO5S. The highest BCUT2D eigenvalue weighted by Gasteiger charge is 2.29. The SMILES string of the molecule is CCC(CS(=O)(=O)N(C)C(C)C(=O)O)OC. The molecule has 0 heterocycles. The molecule has 0 aliphatic rings. The maximum absolute atomic E-state index is 11.8. The molecule has 0 radical (unpaired) electrons. The molecule has 96 valence electrons. The number of nitrogens with zero attached hydrogens (tertiary/aromatic N) is 1. The molecule has 0 aliphatic heterocycles. The number of hydrogen-bond donors (Lipinski definition) is 1. The first-order valence-electron chi connectivity index (χ1n) is 4.97. The second kappa shape index (κ2) is 6.17. The van der Waals surface area contributed by atoms with Crippen LogP contribution in [0.15, 0.2) is 0 Å². The lowest BCUT2D eigenvalue weighted by molar-refractivity contribution is -0.140. The van der Waals surface area contributed by atoms with E-state index in [9.17, 15) is 13.2 Å². The molecule has 0 aliphatic carbocycles. The van der Waals surface area contributed by atoms with Crippen LogP contribution in [0.2, 0.25) is 0 Å². The van der Waals surface area contributed by atoms with Crippen molar-refractivity contribution in [1.82, 2.24) is 4.31 Å². The van der Waals surface area contributed by atoms with Gasteiger partial charge in [0.2, 0.25) is 10.0 Å². The Labute approximate surface area is 96.2 Å². The number of methoxy groups -OCH3 is 1. The van der Waals surface area contributed by atoms with Gasteiger partial charge in [-0.3, -0.25) is 4.79 Å². The molecule has 7 heteroatoms. The summed E-state index contributed by atoms with van der Waals surface area (Å²) in [6, 6.07) is -1.07. The van der Waals surface area contributed by atoms with E-state index >= 15 is 0 Å². The monoisotopic (exact) mass is 253 g/mol. The maximum atomic E-state index is 11.8. The van der Waals surface area contributed by atoms with Crippen molar-refractivity contribution in [3.8, 4) is 0 Å². The van der Waals surface area contributed by atoms with Crippen molar-refractivity contribution < 1.29 is 23.1 Å². The first-order valence-corrected chi connectivity index (χ1v) is 6.58. The average Bonchev–Trinajstić information content (AvgIpc) is 2.23. The third-order valence-electron chi connectivity index (χ3n) is 2.53. The van der Waals surface area contributed by atoms with Crippen LogP contribution in [0, 0.1) is 0 Å². The maximum Gasteiger partial charge on any atom is 0.321 e. The lowest BCUT2D eigenvalue weighted by Gasteiger charge is -2.23. The fourth-order valence-corrected chi connectivity index (χ4v) is 2.75. The number of rotatable bonds is 7. The van der Waals surface area contributed by atoms with E-state index in [2.05, 4.69) is 0 Å². The van der Waals surface area contributed by atoms with Crippen LogP contribution in [-0.2, 0) is 19.6 Å². The number of likely N-dealkylation sites (N-methyl/N-ethyl adjacent to an activating group) is 1. The van der Waals surface area contributed by atoms with Crippen molar-refractivity contribution in [2.24, 2.45) is 0 Å². The normalized spacial score (nSPS) is 16.1. The molecule has 2 atom stereocenters. The van der Waals surface area contributed by atoms with Crippen LogP contribution in [0.5, 0.6) is 0 Å². The van der Waals surface area contributed by atoms with Crippen LogP contribution in [0.25, 0.3) is 0 Å². The third-order valence-corrected chi connectivity index (χ3v) is 4.51. The van der Waals surface area contributed by atoms with Gasteiger partial charge in [0.1, 0.15) is 6.04 Å². The van der Waals surface area contributed by atoms with Crippen molar-refractivity contribution in [2.45, 2.75) is 32.4 Å². The van der Waals surface area contributed by atoms with Crippen LogP contribution >= 0.6 is 0 Å². The van der Waals surface area contributed by atoms with E-state index in [0.717, 1.165) is 4.31 Å². The molecule has 0 saturated heterocycles. The Morgan fingerprint density at radius 3 is 2.31 bits per heavy atom. The molecule has 0 aromatic rings. The summed E-state index contributed by atoms with van der Waals surface area (Å²) in [5, 5.41) is 8.73. The second-order valence-electron chi connectivity index (χ2n) is 3.57. The topological polar surface area (TPSA) is 83.9 Å². The van der Waals surface area contributed by atoms with E-state index in [1.165, 1.54) is 21.1 Å². The number of hydrogen-bond acceptors (Lipinski definition) is 4. The van der Waals surface area contributed by atoms with Gasteiger partial charge in [0.05, 0.1) is 11.9 Å². The van der Waals surface area contributed by atoms with Gasteiger partial charge in [-0.25, -0.2) is 8.42 Å². The summed E-state index contributed by atoms with van der Waals surface area (Å²) < 4.78 is 29.4. The highest BCUT2D eigenvalue weighted by Crippen LogP contribution is 2.09. The second-order valence-corrected chi connectivity index (χ2v) is 5.65. The summed E-state index contributed by atoms with van der Waals surface area (Å²) in [6.45, 7) is 3.14. The largest absolute Gasteiger partial charge is 0.480 e. The van der Waals surface area contributed by atoms with Crippen LogP contribution in [0.1, 0.15) is 20.3 Å². The Morgan fingerprint density at radius 2 is 2.00 bits per heavy atom. The molecule has 0 saturated carbocycles. The van der Waals surface area contributed by atoms with E-state index < -0.39 is 28.1 Å². The quantitative estimate of drug-likeness (QED) is 0.698. The number of sulfonamides is 1. The lowest BCUT2D eigenvalue weighted by atomic mass is 10.3. The first-order chi connectivity index (χ1) is 7.26. The Kier molecular flexibility index (Phi) is 5.91. The van der Waals surface area contributed by atoms with E-state index in [0.29, 0.717) is 6.42 Å². The highest BCUT2D eigenvalue weighted by molar-refractivity contribution is 7.89. The molecule has 0 aromatic carbocycles. The number of carbonyl (C=O) groups is 1. The number of aliphatic carboxylic acids is 1. The summed E-state index contributed by atoms with van der Waals surface area (Å²) in [5.74, 6) is -1.37. The van der Waals surface area contributed by atoms with Crippen LogP contribution in [0.3, 0.4) is 0 Å². The number of carboxylic acids is 1. The molecule has 0 fully saturated rings. The van der Waals surface area contributed by atoms with Crippen molar-refractivity contribution >= 4 is 16.0 Å². The zero-order valence-electron chi connectivity index (χ0n) is 10.0. The minimum absolute atomic E-state index is 0.200. The Morgan fingerprint density at radius 1 is 1.50 bits per heavy atom. The molecule has 0 aromatic heterocycles. The minimum atomic E-state index is -3.60. The zero-order valence-corrected chi connectivity index (χ0v) is 10.8. The predicted octanol–water partition coefficient (Wildman–Crippen LogP) is 0.146. The average molecular weight is 253 g/mol. The van der Waals surface area contributed by atoms with E-state index in [1.54, 1.807) is 0 Å². The van der Waals surface area contributed by atoms with Gasteiger partial charge >= 0.3 is 5.97 Å². The molecule has 0 amide bonds. The van der Waals surface area contributed by atoms with Gasteiger partial charge in [0.15, 0.2) is 0 Å². The van der Waals surface area contributed by atoms with Crippen molar-refractivity contribution in [2.75, 3.05) is 19.9 Å². The summed E-state index contributed by atoms with van der Waals surface area (Å²) in [4.78, 5) is 10.7. The Hall–Kier alpha value is -0.660. The lowest BCUT2D eigenvalue weighted by Crippen LogP contribution is -2.43. The summed E-state index contributed by atoms with van der Waals surface area (Å²) >= 11 is 0. The fraction of sp³-hybridized carbons (Fsp3) is 0.889. The van der Waals surface area contributed by atoms with Crippen LogP contribution in [0.4, 0.5) is 0 Å². The molecule has 0 spiro atoms. The highest BCUT2D eigenvalue weighted by atomic mass is 32.2. The van der Waals surface area contributed by atoms with E-state index in [4.69, 9.17) is 9.84 Å². The summed E-state index contributed by atoms with van der Waals surface area (Å²) in [5.41, 5.74) is 0. The molecule has 0 bridgehead atoms. The molecule has 2 unspecified atom stereocenters. The van der Waals surface area contributed by atoms with Gasteiger partial charge in [-0.15, -0.1) is 0 Å². The Bertz CT molecular complexity index is 323. The molecule has 1 N–H and O–H groups in total. The van der Waals surface area contributed by atoms with Crippen molar-refractivity contribution in [3.63, 3.8) is 0 Å². The third kappa shape index (κ3) is 4.07. The first kappa shape index (κ1) is 15.3. The molecule has 16 heavy (non-hydrogen) atoms. The van der Waals surface area contributed by atoms with Gasteiger partial charge in [-0.05, 0) is 13.3 Å². The van der Waals surface area contributed by atoms with Crippen molar-refractivity contribution in [1.29, 1.82) is 0 Å². The smallest absolute Gasteiger partial charge is 0.321 e. The Balaban J connectivity index is 4.72. The van der Waals surface area contributed by atoms with Gasteiger partial charge in [0.25, 0.3) is 0 Å². The summed E-state index contributed by atoms with van der Waals surface area (Å²) in [7, 11) is -0.905. The van der Waals surface area contributed by atoms with Crippen molar-refractivity contribution in [3.05, 3.63) is 0 Å². The van der Waals surface area contributed by atoms with Gasteiger partial charge in [-0.1, -0.05) is 6.92 Å².